The average molecular weight is 386 g/mol. The van der Waals surface area contributed by atoms with E-state index in [1.54, 1.807) is 11.3 Å². The Bertz CT molecular complexity index is 920. The van der Waals surface area contributed by atoms with Gasteiger partial charge < -0.3 is 5.32 Å². The van der Waals surface area contributed by atoms with Gasteiger partial charge in [-0.1, -0.05) is 38.5 Å². The topological polar surface area (TPSA) is 55.1 Å². The van der Waals surface area contributed by atoms with Gasteiger partial charge in [-0.05, 0) is 52.0 Å². The van der Waals surface area contributed by atoms with Gasteiger partial charge in [-0.15, -0.1) is 0 Å². The van der Waals surface area contributed by atoms with Crippen molar-refractivity contribution in [1.82, 2.24) is 19.6 Å². The quantitative estimate of drug-likeness (QED) is 0.491. The molecular weight excluding hydrogens is 354 g/mol. The number of unbranched alkanes of at least 4 members (excludes halogenated alkanes) is 1. The lowest BCUT2D eigenvalue weighted by Crippen LogP contribution is -2.05. The fourth-order valence-corrected chi connectivity index (χ4v) is 4.71. The van der Waals surface area contributed by atoms with Gasteiger partial charge in [0, 0.05) is 12.1 Å². The van der Waals surface area contributed by atoms with Crippen LogP contribution in [0, 0.1) is 20.8 Å². The van der Waals surface area contributed by atoms with Gasteiger partial charge in [0.1, 0.15) is 5.69 Å². The molecule has 1 N–H and O–H groups in total. The van der Waals surface area contributed by atoms with Crippen LogP contribution in [-0.4, -0.2) is 26.1 Å². The molecule has 3 aromatic rings. The number of anilines is 1. The first-order valence-electron chi connectivity index (χ1n) is 10.1. The van der Waals surface area contributed by atoms with E-state index >= 15 is 0 Å². The van der Waals surface area contributed by atoms with Gasteiger partial charge >= 0.3 is 0 Å². The van der Waals surface area contributed by atoms with Crippen molar-refractivity contribution in [2.45, 2.75) is 73.1 Å². The van der Waals surface area contributed by atoms with Gasteiger partial charge in [0.2, 0.25) is 0 Å². The molecule has 0 fully saturated rings. The molecule has 5 nitrogen and oxygen atoms in total. The second kappa shape index (κ2) is 8.38. The van der Waals surface area contributed by atoms with Crippen LogP contribution in [0.3, 0.4) is 0 Å². The molecule has 3 heterocycles. The van der Waals surface area contributed by atoms with E-state index in [4.69, 9.17) is 15.1 Å². The second-order valence-electron chi connectivity index (χ2n) is 7.25. The summed E-state index contributed by atoms with van der Waals surface area (Å²) < 4.78 is 2.05. The molecule has 0 amide bonds. The first-order valence-corrected chi connectivity index (χ1v) is 10.9. The van der Waals surface area contributed by atoms with Crippen molar-refractivity contribution in [2.24, 2.45) is 0 Å². The number of fused-ring (bicyclic) bond motifs is 1. The van der Waals surface area contributed by atoms with Crippen LogP contribution in [0.2, 0.25) is 0 Å². The summed E-state index contributed by atoms with van der Waals surface area (Å²) in [5.41, 5.74) is 6.48. The number of rotatable bonds is 8. The third kappa shape index (κ3) is 3.86. The molecule has 0 aliphatic heterocycles. The molecule has 3 rings (SSSR count). The third-order valence-electron chi connectivity index (χ3n) is 5.15. The second-order valence-corrected chi connectivity index (χ2v) is 8.25. The third-order valence-corrected chi connectivity index (χ3v) is 6.27. The number of hydrogen-bond acceptors (Lipinski definition) is 5. The van der Waals surface area contributed by atoms with Gasteiger partial charge in [-0.3, -0.25) is 0 Å². The zero-order valence-electron chi connectivity index (χ0n) is 17.4. The summed E-state index contributed by atoms with van der Waals surface area (Å²) in [5, 5.41) is 9.26. The first-order chi connectivity index (χ1) is 13.0. The van der Waals surface area contributed by atoms with Crippen LogP contribution in [-0.2, 0) is 0 Å². The minimum Gasteiger partial charge on any atom is -0.361 e. The number of aromatic nitrogens is 4. The lowest BCUT2D eigenvalue weighted by atomic mass is 9.95. The van der Waals surface area contributed by atoms with E-state index in [9.17, 15) is 0 Å². The first kappa shape index (κ1) is 19.8. The highest BCUT2D eigenvalue weighted by Crippen LogP contribution is 2.37. The summed E-state index contributed by atoms with van der Waals surface area (Å²) >= 11 is 1.71. The lowest BCUT2D eigenvalue weighted by molar-refractivity contribution is 0.638. The lowest BCUT2D eigenvalue weighted by Gasteiger charge is -2.14. The molecule has 0 spiro atoms. The Hall–Kier alpha value is -1.95. The maximum atomic E-state index is 4.93. The molecule has 0 aromatic carbocycles. The van der Waals surface area contributed by atoms with Gasteiger partial charge in [0.05, 0.1) is 22.0 Å². The summed E-state index contributed by atoms with van der Waals surface area (Å²) in [5.74, 6) is 0.512. The van der Waals surface area contributed by atoms with Crippen molar-refractivity contribution in [1.29, 1.82) is 0 Å². The van der Waals surface area contributed by atoms with Gasteiger partial charge in [-0.25, -0.2) is 14.5 Å². The zero-order valence-corrected chi connectivity index (χ0v) is 18.2. The van der Waals surface area contributed by atoms with Crippen LogP contribution >= 0.6 is 11.3 Å². The Balaban J connectivity index is 2.12. The molecule has 6 heteroatoms. The molecule has 0 aliphatic carbocycles. The molecular formula is C21H31N5S. The maximum absolute atomic E-state index is 4.93. The highest BCUT2D eigenvalue weighted by molar-refractivity contribution is 7.19. The van der Waals surface area contributed by atoms with Crippen molar-refractivity contribution in [3.05, 3.63) is 28.7 Å². The van der Waals surface area contributed by atoms with Crippen LogP contribution in [0.1, 0.15) is 75.0 Å². The van der Waals surface area contributed by atoms with Gasteiger partial charge in [-0.2, -0.15) is 5.10 Å². The molecule has 0 aliphatic rings. The molecule has 0 saturated carbocycles. The summed E-state index contributed by atoms with van der Waals surface area (Å²) in [6, 6.07) is 2.21. The standard InChI is InChI=1S/C21H31N5S/c1-7-10-11-22-21-24-15(6)19(27-21)18-14(5)23-20-17(16(8-2)9-3)12-13(4)25-26(18)20/h12,16H,7-11H2,1-6H3,(H,22,24). The molecule has 0 radical (unpaired) electrons. The summed E-state index contributed by atoms with van der Waals surface area (Å²) in [6.45, 7) is 13.9. The minimum absolute atomic E-state index is 0.512. The highest BCUT2D eigenvalue weighted by Gasteiger charge is 2.22. The molecule has 0 unspecified atom stereocenters. The van der Waals surface area contributed by atoms with Gasteiger partial charge in [0.15, 0.2) is 10.8 Å². The number of aryl methyl sites for hydroxylation is 3. The predicted molar refractivity (Wildman–Crippen MR) is 115 cm³/mol. The SMILES string of the molecule is CCCCNc1nc(C)c(-c2c(C)nc3c(C(CC)CC)cc(C)nn23)s1. The van der Waals surface area contributed by atoms with Crippen molar-refractivity contribution < 1.29 is 0 Å². The Morgan fingerprint density at radius 1 is 1.07 bits per heavy atom. The van der Waals surface area contributed by atoms with Crippen molar-refractivity contribution >= 4 is 22.1 Å². The minimum atomic E-state index is 0.512. The van der Waals surface area contributed by atoms with E-state index < -0.39 is 0 Å². The molecule has 27 heavy (non-hydrogen) atoms. The normalized spacial score (nSPS) is 11.7. The van der Waals surface area contributed by atoms with Crippen LogP contribution in [0.5, 0.6) is 0 Å². The average Bonchev–Trinajstić information content (AvgIpc) is 3.15. The van der Waals surface area contributed by atoms with E-state index in [1.165, 1.54) is 12.0 Å². The van der Waals surface area contributed by atoms with Crippen LogP contribution < -0.4 is 5.32 Å². The van der Waals surface area contributed by atoms with Crippen molar-refractivity contribution in [2.75, 3.05) is 11.9 Å². The van der Waals surface area contributed by atoms with Crippen LogP contribution in [0.25, 0.3) is 16.2 Å². The highest BCUT2D eigenvalue weighted by atomic mass is 32.1. The largest absolute Gasteiger partial charge is 0.361 e. The summed E-state index contributed by atoms with van der Waals surface area (Å²) in [4.78, 5) is 10.8. The molecule has 0 saturated heterocycles. The van der Waals surface area contributed by atoms with E-state index in [2.05, 4.69) is 57.4 Å². The van der Waals surface area contributed by atoms with E-state index in [1.807, 2.05) is 0 Å². The fraction of sp³-hybridized carbons (Fsp3) is 0.571. The Morgan fingerprint density at radius 3 is 2.48 bits per heavy atom. The Kier molecular flexibility index (Phi) is 6.15. The van der Waals surface area contributed by atoms with Crippen molar-refractivity contribution in [3.8, 4) is 10.6 Å². The monoisotopic (exact) mass is 385 g/mol. The summed E-state index contributed by atoms with van der Waals surface area (Å²) in [7, 11) is 0. The molecule has 0 bridgehead atoms. The number of thiazole rings is 1. The Labute approximate surface area is 166 Å². The van der Waals surface area contributed by atoms with Crippen LogP contribution in [0.4, 0.5) is 5.13 Å². The number of imidazole rings is 1. The fourth-order valence-electron chi connectivity index (χ4n) is 3.63. The molecule has 146 valence electrons. The molecule has 0 atom stereocenters. The summed E-state index contributed by atoms with van der Waals surface area (Å²) in [6.07, 6.45) is 4.56. The number of nitrogens with one attached hydrogen (secondary N) is 1. The van der Waals surface area contributed by atoms with Crippen LogP contribution in [0.15, 0.2) is 6.07 Å². The predicted octanol–water partition coefficient (Wildman–Crippen LogP) is 5.89. The smallest absolute Gasteiger partial charge is 0.183 e. The van der Waals surface area contributed by atoms with E-state index in [0.29, 0.717) is 5.92 Å². The van der Waals surface area contributed by atoms with E-state index in [-0.39, 0.29) is 0 Å². The molecule has 3 aromatic heterocycles. The van der Waals surface area contributed by atoms with Gasteiger partial charge in [0.25, 0.3) is 0 Å². The van der Waals surface area contributed by atoms with E-state index in [0.717, 1.165) is 64.2 Å². The van der Waals surface area contributed by atoms with Crippen molar-refractivity contribution in [3.63, 3.8) is 0 Å². The maximum Gasteiger partial charge on any atom is 0.183 e. The number of hydrogen-bond donors (Lipinski definition) is 1. The zero-order chi connectivity index (χ0) is 19.6. The Morgan fingerprint density at radius 2 is 1.81 bits per heavy atom. The number of nitrogens with zero attached hydrogens (tertiary/aromatic N) is 4.